The highest BCUT2D eigenvalue weighted by molar-refractivity contribution is 7.95. The highest BCUT2D eigenvalue weighted by atomic mass is 32.2. The first-order valence-electron chi connectivity index (χ1n) is 10.5. The maximum absolute atomic E-state index is 14.9. The molecule has 158 valence electrons. The van der Waals surface area contributed by atoms with Crippen LogP contribution < -0.4 is 10.4 Å². The molecule has 0 fully saturated rings. The van der Waals surface area contributed by atoms with E-state index >= 15 is 0 Å². The molecule has 0 saturated heterocycles. The summed E-state index contributed by atoms with van der Waals surface area (Å²) in [6, 6.07) is 30.9. The van der Waals surface area contributed by atoms with E-state index in [9.17, 15) is 4.21 Å². The maximum atomic E-state index is 14.9. The van der Waals surface area contributed by atoms with Crippen molar-refractivity contribution < 1.29 is 4.21 Å². The van der Waals surface area contributed by atoms with Gasteiger partial charge in [-0.2, -0.15) is 0 Å². The first-order chi connectivity index (χ1) is 14.0. The fourth-order valence-electron chi connectivity index (χ4n) is 3.97. The van der Waals surface area contributed by atoms with E-state index in [1.807, 2.05) is 63.2 Å². The topological polar surface area (TPSA) is 29.4 Å². The zero-order chi connectivity index (χ0) is 22.0. The van der Waals surface area contributed by atoms with Gasteiger partial charge in [0.1, 0.15) is 0 Å². The van der Waals surface area contributed by atoms with Crippen LogP contribution in [-0.2, 0) is 9.73 Å². The van der Waals surface area contributed by atoms with Gasteiger partial charge in [-0.05, 0) is 48.3 Å². The standard InChI is InChI=1S/C26H33NOSSi/c1-25(2,3)29(28,22-16-10-7-11-17-22)27-30(26(4,5)6,23-18-12-8-13-19-23)24-20-14-9-15-21-24/h7-21H,1-6H3. The van der Waals surface area contributed by atoms with Crippen LogP contribution in [0.4, 0.5) is 0 Å². The van der Waals surface area contributed by atoms with Gasteiger partial charge in [0.25, 0.3) is 8.24 Å². The molecule has 0 N–H and O–H groups in total. The first-order valence-corrected chi connectivity index (χ1v) is 13.9. The zero-order valence-corrected chi connectivity index (χ0v) is 20.7. The second-order valence-electron chi connectivity index (χ2n) is 9.74. The summed E-state index contributed by atoms with van der Waals surface area (Å²) < 4.78 is 19.9. The lowest BCUT2D eigenvalue weighted by molar-refractivity contribution is 0.639. The molecule has 0 heterocycles. The van der Waals surface area contributed by atoms with Crippen molar-refractivity contribution >= 4 is 28.3 Å². The molecule has 0 bridgehead atoms. The summed E-state index contributed by atoms with van der Waals surface area (Å²) in [6.07, 6.45) is 0. The van der Waals surface area contributed by atoms with Crippen LogP contribution in [0.2, 0.25) is 5.04 Å². The molecule has 0 saturated carbocycles. The molecule has 1 unspecified atom stereocenters. The average Bonchev–Trinajstić information content (AvgIpc) is 2.72. The van der Waals surface area contributed by atoms with Gasteiger partial charge in [-0.15, -0.1) is 0 Å². The Bertz CT molecular complexity index is 1050. The van der Waals surface area contributed by atoms with Gasteiger partial charge in [0, 0.05) is 9.64 Å². The number of nitrogens with zero attached hydrogens (tertiary/aromatic N) is 1. The highest BCUT2D eigenvalue weighted by Gasteiger charge is 2.51. The molecule has 0 spiro atoms. The lowest BCUT2D eigenvalue weighted by atomic mass is 10.2. The number of benzene rings is 3. The third-order valence-corrected chi connectivity index (χ3v) is 14.8. The minimum Gasteiger partial charge on any atom is -0.261 e. The Balaban J connectivity index is 2.54. The SMILES string of the molecule is CC(C)(C)[Si](N=S(=O)(c1ccccc1)C(C)(C)C)(c1ccccc1)c1ccccc1. The minimum absolute atomic E-state index is 0.182. The van der Waals surface area contributed by atoms with Gasteiger partial charge in [0.2, 0.25) is 0 Å². The molecule has 3 aromatic rings. The highest BCUT2D eigenvalue weighted by Crippen LogP contribution is 2.40. The van der Waals surface area contributed by atoms with Crippen LogP contribution in [0.1, 0.15) is 41.5 Å². The fraction of sp³-hybridized carbons (Fsp3) is 0.308. The van der Waals surface area contributed by atoms with E-state index in [1.165, 1.54) is 10.4 Å². The molecule has 0 aliphatic carbocycles. The smallest absolute Gasteiger partial charge is 0.260 e. The molecule has 4 heteroatoms. The van der Waals surface area contributed by atoms with Crippen LogP contribution in [0.15, 0.2) is 99.9 Å². The van der Waals surface area contributed by atoms with E-state index in [4.69, 9.17) is 4.03 Å². The Morgan fingerprint density at radius 2 is 1.00 bits per heavy atom. The van der Waals surface area contributed by atoms with Crippen molar-refractivity contribution in [2.24, 2.45) is 4.03 Å². The van der Waals surface area contributed by atoms with Gasteiger partial charge in [-0.25, -0.2) is 4.21 Å². The summed E-state index contributed by atoms with van der Waals surface area (Å²) in [7, 11) is -5.56. The summed E-state index contributed by atoms with van der Waals surface area (Å²) >= 11 is 0. The van der Waals surface area contributed by atoms with Gasteiger partial charge in [0.05, 0.1) is 9.73 Å². The molecule has 3 aromatic carbocycles. The van der Waals surface area contributed by atoms with Gasteiger partial charge in [0.15, 0.2) is 0 Å². The largest absolute Gasteiger partial charge is 0.261 e. The number of hydrogen-bond acceptors (Lipinski definition) is 2. The Labute approximate surface area is 183 Å². The molecule has 1 atom stereocenters. The van der Waals surface area contributed by atoms with Crippen molar-refractivity contribution in [1.82, 2.24) is 0 Å². The van der Waals surface area contributed by atoms with E-state index in [-0.39, 0.29) is 5.04 Å². The van der Waals surface area contributed by atoms with Crippen LogP contribution in [0, 0.1) is 0 Å². The van der Waals surface area contributed by atoms with Crippen LogP contribution in [-0.4, -0.2) is 17.2 Å². The van der Waals surface area contributed by atoms with E-state index in [1.54, 1.807) is 0 Å². The van der Waals surface area contributed by atoms with Crippen molar-refractivity contribution in [2.45, 2.75) is 56.2 Å². The summed E-state index contributed by atoms with van der Waals surface area (Å²) in [5.74, 6) is 0. The molecule has 0 aliphatic rings. The van der Waals surface area contributed by atoms with Gasteiger partial charge < -0.3 is 0 Å². The van der Waals surface area contributed by atoms with E-state index in [0.717, 1.165) is 4.90 Å². The summed E-state index contributed by atoms with van der Waals surface area (Å²) in [5.41, 5.74) is 0. The fourth-order valence-corrected chi connectivity index (χ4v) is 13.6. The first kappa shape index (κ1) is 22.5. The predicted molar refractivity (Wildman–Crippen MR) is 133 cm³/mol. The summed E-state index contributed by atoms with van der Waals surface area (Å²) in [6.45, 7) is 12.9. The molecule has 0 amide bonds. The molecule has 0 aromatic heterocycles. The quantitative estimate of drug-likeness (QED) is 0.471. The van der Waals surface area contributed by atoms with Crippen molar-refractivity contribution in [2.75, 3.05) is 0 Å². The van der Waals surface area contributed by atoms with Gasteiger partial charge >= 0.3 is 0 Å². The van der Waals surface area contributed by atoms with Crippen molar-refractivity contribution in [3.8, 4) is 0 Å². The molecular weight excluding hydrogens is 402 g/mol. The molecule has 0 aliphatic heterocycles. The molecule has 2 nitrogen and oxygen atoms in total. The lowest BCUT2D eigenvalue weighted by Gasteiger charge is -2.42. The van der Waals surface area contributed by atoms with Crippen molar-refractivity contribution in [3.05, 3.63) is 91.0 Å². The Morgan fingerprint density at radius 1 is 0.633 bits per heavy atom. The van der Waals surface area contributed by atoms with Crippen LogP contribution in [0.3, 0.4) is 0 Å². The number of rotatable bonds is 4. The van der Waals surface area contributed by atoms with Gasteiger partial charge in [-0.1, -0.05) is 99.6 Å². The zero-order valence-electron chi connectivity index (χ0n) is 18.9. The summed E-state index contributed by atoms with van der Waals surface area (Å²) in [4.78, 5) is 0.811. The molecule has 30 heavy (non-hydrogen) atoms. The Kier molecular flexibility index (Phi) is 6.12. The van der Waals surface area contributed by atoms with Gasteiger partial charge in [-0.3, -0.25) is 4.03 Å². The second-order valence-corrected chi connectivity index (χ2v) is 17.3. The third-order valence-electron chi connectivity index (χ3n) is 5.63. The minimum atomic E-state index is -2.83. The number of hydrogen-bond donors (Lipinski definition) is 0. The monoisotopic (exact) mass is 435 g/mol. The molecular formula is C26H33NOSSi. The van der Waals surface area contributed by atoms with Crippen molar-refractivity contribution in [3.63, 3.8) is 0 Å². The second kappa shape index (κ2) is 8.16. The maximum Gasteiger partial charge on any atom is 0.260 e. The normalized spacial score (nSPS) is 14.7. The van der Waals surface area contributed by atoms with Crippen LogP contribution in [0.5, 0.6) is 0 Å². The Hall–Kier alpha value is -2.17. The third kappa shape index (κ3) is 3.91. The average molecular weight is 436 g/mol. The van der Waals surface area contributed by atoms with E-state index in [0.29, 0.717) is 0 Å². The van der Waals surface area contributed by atoms with Crippen LogP contribution >= 0.6 is 0 Å². The van der Waals surface area contributed by atoms with Crippen molar-refractivity contribution in [1.29, 1.82) is 0 Å². The van der Waals surface area contributed by atoms with E-state index in [2.05, 4.69) is 69.3 Å². The molecule has 0 radical (unpaired) electrons. The Morgan fingerprint density at radius 3 is 1.33 bits per heavy atom. The molecule has 3 rings (SSSR count). The lowest BCUT2D eigenvalue weighted by Crippen LogP contribution is -2.64. The van der Waals surface area contributed by atoms with Crippen LogP contribution in [0.25, 0.3) is 0 Å². The predicted octanol–water partition coefficient (Wildman–Crippen LogP) is 5.87. The van der Waals surface area contributed by atoms with E-state index < -0.39 is 22.7 Å². The summed E-state index contributed by atoms with van der Waals surface area (Å²) in [5, 5.41) is 2.20.